The molecule has 0 unspecified atom stereocenters. The van der Waals surface area contributed by atoms with Gasteiger partial charge < -0.3 is 4.98 Å². The number of benzene rings is 1. The van der Waals surface area contributed by atoms with Crippen LogP contribution in [0.15, 0.2) is 41.6 Å². The van der Waals surface area contributed by atoms with Crippen molar-refractivity contribution in [3.63, 3.8) is 0 Å². The van der Waals surface area contributed by atoms with Crippen molar-refractivity contribution in [3.8, 4) is 0 Å². The van der Waals surface area contributed by atoms with Crippen molar-refractivity contribution >= 4 is 10.0 Å². The quantitative estimate of drug-likeness (QED) is 0.852. The molecule has 5 nitrogen and oxygen atoms in total. The minimum atomic E-state index is -3.81. The normalized spacial score (nSPS) is 11.6. The summed E-state index contributed by atoms with van der Waals surface area (Å²) in [5, 5.41) is 0. The lowest BCUT2D eigenvalue weighted by Gasteiger charge is -2.06. The third-order valence-corrected chi connectivity index (χ3v) is 3.83. The summed E-state index contributed by atoms with van der Waals surface area (Å²) in [7, 11) is -3.81. The molecule has 0 amide bonds. The van der Waals surface area contributed by atoms with Gasteiger partial charge in [0.2, 0.25) is 10.0 Å². The number of imidazole rings is 1. The Labute approximate surface area is 104 Å². The number of H-pyrrole nitrogens is 1. The number of halogens is 1. The van der Waals surface area contributed by atoms with Gasteiger partial charge in [-0.05, 0) is 12.1 Å². The summed E-state index contributed by atoms with van der Waals surface area (Å²) in [6, 6.07) is 5.26. The predicted molar refractivity (Wildman–Crippen MR) is 63.9 cm³/mol. The van der Waals surface area contributed by atoms with Gasteiger partial charge in [0.05, 0.1) is 0 Å². The molecule has 0 aliphatic carbocycles. The van der Waals surface area contributed by atoms with Gasteiger partial charge in [-0.1, -0.05) is 12.1 Å². The highest BCUT2D eigenvalue weighted by Gasteiger charge is 2.17. The first-order chi connectivity index (χ1) is 8.59. The predicted octanol–water partition coefficient (Wildman–Crippen LogP) is 1.07. The summed E-state index contributed by atoms with van der Waals surface area (Å²) >= 11 is 0. The summed E-state index contributed by atoms with van der Waals surface area (Å²) in [6.07, 6.45) is 3.65. The number of hydrogen-bond donors (Lipinski definition) is 2. The zero-order valence-electron chi connectivity index (χ0n) is 9.43. The summed E-state index contributed by atoms with van der Waals surface area (Å²) in [5.74, 6) is -0.0887. The Balaban J connectivity index is 2.02. The fourth-order valence-corrected chi connectivity index (χ4v) is 2.59. The molecule has 2 aromatic rings. The minimum Gasteiger partial charge on any atom is -0.349 e. The number of aromatic amines is 1. The van der Waals surface area contributed by atoms with Gasteiger partial charge in [-0.3, -0.25) is 0 Å². The molecule has 1 heterocycles. The van der Waals surface area contributed by atoms with Crippen LogP contribution in [0.2, 0.25) is 0 Å². The number of sulfonamides is 1. The molecule has 2 rings (SSSR count). The van der Waals surface area contributed by atoms with Gasteiger partial charge in [-0.2, -0.15) is 0 Å². The second kappa shape index (κ2) is 5.28. The van der Waals surface area contributed by atoms with Crippen LogP contribution in [0, 0.1) is 5.82 Å². The van der Waals surface area contributed by atoms with Gasteiger partial charge in [0.15, 0.2) is 0 Å². The maximum Gasteiger partial charge on any atom is 0.243 e. The molecule has 18 heavy (non-hydrogen) atoms. The van der Waals surface area contributed by atoms with E-state index in [1.54, 1.807) is 12.4 Å². The Kier molecular flexibility index (Phi) is 3.73. The third-order valence-electron chi connectivity index (χ3n) is 2.33. The molecular weight excluding hydrogens is 257 g/mol. The first-order valence-electron chi connectivity index (χ1n) is 5.32. The zero-order valence-corrected chi connectivity index (χ0v) is 10.2. The van der Waals surface area contributed by atoms with E-state index in [4.69, 9.17) is 0 Å². The van der Waals surface area contributed by atoms with E-state index in [0.717, 1.165) is 6.07 Å². The number of hydrogen-bond acceptors (Lipinski definition) is 3. The van der Waals surface area contributed by atoms with E-state index in [1.807, 2.05) is 0 Å². The Morgan fingerprint density at radius 2 is 2.11 bits per heavy atom. The molecule has 0 bridgehead atoms. The molecule has 2 N–H and O–H groups in total. The Morgan fingerprint density at radius 3 is 2.78 bits per heavy atom. The first kappa shape index (κ1) is 12.7. The standard InChI is InChI=1S/C11H12FN3O2S/c12-9-3-1-2-4-10(9)18(16,17)15-6-5-11-13-7-8-14-11/h1-4,7-8,15H,5-6H2,(H,13,14). The Morgan fingerprint density at radius 1 is 1.33 bits per heavy atom. The molecule has 1 aromatic carbocycles. The molecule has 7 heteroatoms. The van der Waals surface area contributed by atoms with Crippen molar-refractivity contribution in [2.75, 3.05) is 6.54 Å². The van der Waals surface area contributed by atoms with Crippen LogP contribution in [0.1, 0.15) is 5.82 Å². The second-order valence-corrected chi connectivity index (χ2v) is 5.35. The molecule has 1 aromatic heterocycles. The lowest BCUT2D eigenvalue weighted by Crippen LogP contribution is -2.27. The highest BCUT2D eigenvalue weighted by Crippen LogP contribution is 2.12. The van der Waals surface area contributed by atoms with Crippen molar-refractivity contribution in [1.82, 2.24) is 14.7 Å². The highest BCUT2D eigenvalue weighted by molar-refractivity contribution is 7.89. The van der Waals surface area contributed by atoms with E-state index >= 15 is 0 Å². The molecule has 0 radical (unpaired) electrons. The zero-order chi connectivity index (χ0) is 13.0. The van der Waals surface area contributed by atoms with Gasteiger partial charge in [0, 0.05) is 25.4 Å². The number of rotatable bonds is 5. The fraction of sp³-hybridized carbons (Fsp3) is 0.182. The van der Waals surface area contributed by atoms with Crippen LogP contribution in [0.4, 0.5) is 4.39 Å². The summed E-state index contributed by atoms with van der Waals surface area (Å²) < 4.78 is 39.3. The fourth-order valence-electron chi connectivity index (χ4n) is 1.48. The van der Waals surface area contributed by atoms with E-state index in [0.29, 0.717) is 12.2 Å². The van der Waals surface area contributed by atoms with Crippen molar-refractivity contribution in [2.24, 2.45) is 0 Å². The summed E-state index contributed by atoms with van der Waals surface area (Å²) in [4.78, 5) is 6.47. The minimum absolute atomic E-state index is 0.157. The van der Waals surface area contributed by atoms with E-state index in [1.165, 1.54) is 18.2 Å². The second-order valence-electron chi connectivity index (χ2n) is 3.61. The van der Waals surface area contributed by atoms with Gasteiger partial charge in [-0.15, -0.1) is 0 Å². The molecule has 0 atom stereocenters. The maximum atomic E-state index is 13.3. The first-order valence-corrected chi connectivity index (χ1v) is 6.80. The molecule has 0 saturated heterocycles. The van der Waals surface area contributed by atoms with E-state index < -0.39 is 15.8 Å². The van der Waals surface area contributed by atoms with Crippen LogP contribution in [0.5, 0.6) is 0 Å². The molecule has 0 saturated carbocycles. The monoisotopic (exact) mass is 269 g/mol. The van der Waals surface area contributed by atoms with Crippen LogP contribution in [-0.4, -0.2) is 24.9 Å². The molecule has 0 aliphatic heterocycles. The van der Waals surface area contributed by atoms with Crippen LogP contribution in [-0.2, 0) is 16.4 Å². The summed E-state index contributed by atoms with van der Waals surface area (Å²) in [5.41, 5.74) is 0. The van der Waals surface area contributed by atoms with Crippen molar-refractivity contribution in [1.29, 1.82) is 0 Å². The van der Waals surface area contributed by atoms with E-state index in [9.17, 15) is 12.8 Å². The van der Waals surface area contributed by atoms with E-state index in [-0.39, 0.29) is 11.4 Å². The SMILES string of the molecule is O=S(=O)(NCCc1ncc[nH]1)c1ccccc1F. The van der Waals surface area contributed by atoms with Gasteiger partial charge >= 0.3 is 0 Å². The number of aromatic nitrogens is 2. The Bertz CT molecular complexity index is 611. The van der Waals surface area contributed by atoms with Gasteiger partial charge in [-0.25, -0.2) is 22.5 Å². The van der Waals surface area contributed by atoms with Crippen molar-refractivity contribution in [2.45, 2.75) is 11.3 Å². The number of nitrogens with zero attached hydrogens (tertiary/aromatic N) is 1. The summed E-state index contributed by atoms with van der Waals surface area (Å²) in [6.45, 7) is 0.157. The number of nitrogens with one attached hydrogen (secondary N) is 2. The van der Waals surface area contributed by atoms with Crippen LogP contribution in [0.3, 0.4) is 0 Å². The third kappa shape index (κ3) is 2.93. The smallest absolute Gasteiger partial charge is 0.243 e. The average molecular weight is 269 g/mol. The van der Waals surface area contributed by atoms with Crippen molar-refractivity contribution < 1.29 is 12.8 Å². The van der Waals surface area contributed by atoms with Gasteiger partial charge in [0.25, 0.3) is 0 Å². The molecule has 0 aliphatic rings. The van der Waals surface area contributed by atoms with Crippen LogP contribution >= 0.6 is 0 Å². The molecule has 96 valence electrons. The molecular formula is C11H12FN3O2S. The topological polar surface area (TPSA) is 74.8 Å². The highest BCUT2D eigenvalue weighted by atomic mass is 32.2. The molecule has 0 spiro atoms. The lowest BCUT2D eigenvalue weighted by molar-refractivity contribution is 0.557. The Hall–Kier alpha value is -1.73. The van der Waals surface area contributed by atoms with Crippen LogP contribution < -0.4 is 4.72 Å². The molecule has 0 fully saturated rings. The van der Waals surface area contributed by atoms with Gasteiger partial charge in [0.1, 0.15) is 16.5 Å². The van der Waals surface area contributed by atoms with Crippen LogP contribution in [0.25, 0.3) is 0 Å². The lowest BCUT2D eigenvalue weighted by atomic mass is 10.4. The maximum absolute atomic E-state index is 13.3. The van der Waals surface area contributed by atoms with E-state index in [2.05, 4.69) is 14.7 Å². The van der Waals surface area contributed by atoms with Crippen molar-refractivity contribution in [3.05, 3.63) is 48.3 Å². The largest absolute Gasteiger partial charge is 0.349 e. The average Bonchev–Trinajstić information content (AvgIpc) is 2.82.